The molecular weight excluding hydrogens is 256 g/mol. The number of carbonyl (C=O) groups excluding carboxylic acids is 2. The zero-order chi connectivity index (χ0) is 14.7. The summed E-state index contributed by atoms with van der Waals surface area (Å²) in [5.41, 5.74) is -0.0961. The summed E-state index contributed by atoms with van der Waals surface area (Å²) in [4.78, 5) is 24.0. The first-order chi connectivity index (χ1) is 9.49. The molecule has 1 unspecified atom stereocenters. The van der Waals surface area contributed by atoms with Crippen LogP contribution in [0.25, 0.3) is 0 Å². The number of hydrogen-bond donors (Lipinski definition) is 1. The molecule has 0 aromatic rings. The number of ether oxygens (including phenoxy) is 1. The van der Waals surface area contributed by atoms with Crippen molar-refractivity contribution in [1.29, 1.82) is 0 Å². The number of aliphatic hydroxyl groups excluding tert-OH is 1. The molecule has 1 saturated carbocycles. The van der Waals surface area contributed by atoms with Crippen LogP contribution in [0.15, 0.2) is 11.3 Å². The number of esters is 1. The summed E-state index contributed by atoms with van der Waals surface area (Å²) < 4.78 is 5.12. The summed E-state index contributed by atoms with van der Waals surface area (Å²) >= 11 is 0. The SMILES string of the molecule is CC(C)CC1OC(=O)C(C(=O)CC2CCCCC2)=C1O. The smallest absolute Gasteiger partial charge is 0.346 e. The normalized spacial score (nSPS) is 24.4. The van der Waals surface area contributed by atoms with E-state index in [0.717, 1.165) is 25.7 Å². The van der Waals surface area contributed by atoms with Gasteiger partial charge in [0.1, 0.15) is 5.57 Å². The molecule has 0 amide bonds. The highest BCUT2D eigenvalue weighted by Crippen LogP contribution is 2.31. The van der Waals surface area contributed by atoms with Crippen LogP contribution >= 0.6 is 0 Å². The van der Waals surface area contributed by atoms with E-state index >= 15 is 0 Å². The van der Waals surface area contributed by atoms with E-state index in [1.165, 1.54) is 6.42 Å². The first-order valence-electron chi connectivity index (χ1n) is 7.66. The third-order valence-electron chi connectivity index (χ3n) is 4.18. The van der Waals surface area contributed by atoms with Crippen LogP contribution in [0.5, 0.6) is 0 Å². The molecular formula is C16H24O4. The summed E-state index contributed by atoms with van der Waals surface area (Å²) in [6.07, 6.45) is 5.92. The van der Waals surface area contributed by atoms with Crippen LogP contribution in [0.3, 0.4) is 0 Å². The highest BCUT2D eigenvalue weighted by molar-refractivity contribution is 6.19. The zero-order valence-corrected chi connectivity index (χ0v) is 12.4. The van der Waals surface area contributed by atoms with Crippen molar-refractivity contribution in [1.82, 2.24) is 0 Å². The van der Waals surface area contributed by atoms with Crippen molar-refractivity contribution in [3.8, 4) is 0 Å². The lowest BCUT2D eigenvalue weighted by atomic mass is 9.84. The molecule has 4 heteroatoms. The van der Waals surface area contributed by atoms with E-state index in [0.29, 0.717) is 24.7 Å². The van der Waals surface area contributed by atoms with Crippen LogP contribution in [0.1, 0.15) is 58.8 Å². The van der Waals surface area contributed by atoms with Gasteiger partial charge in [-0.1, -0.05) is 46.0 Å². The van der Waals surface area contributed by atoms with Crippen molar-refractivity contribution in [2.24, 2.45) is 11.8 Å². The summed E-state index contributed by atoms with van der Waals surface area (Å²) in [7, 11) is 0. The predicted octanol–water partition coefficient (Wildman–Crippen LogP) is 3.31. The van der Waals surface area contributed by atoms with Crippen LogP contribution in [0.4, 0.5) is 0 Å². The topological polar surface area (TPSA) is 63.6 Å². The van der Waals surface area contributed by atoms with E-state index in [1.807, 2.05) is 13.8 Å². The average Bonchev–Trinajstić information content (AvgIpc) is 2.64. The number of Topliss-reactive ketones (excluding diaryl/α,β-unsaturated/α-hetero) is 1. The van der Waals surface area contributed by atoms with Crippen molar-refractivity contribution < 1.29 is 19.4 Å². The zero-order valence-electron chi connectivity index (χ0n) is 12.4. The monoisotopic (exact) mass is 280 g/mol. The molecule has 0 spiro atoms. The summed E-state index contributed by atoms with van der Waals surface area (Å²) in [5, 5.41) is 10.1. The molecule has 4 nitrogen and oxygen atoms in total. The number of carbonyl (C=O) groups is 2. The van der Waals surface area contributed by atoms with Crippen molar-refractivity contribution >= 4 is 11.8 Å². The minimum atomic E-state index is -0.644. The summed E-state index contributed by atoms with van der Waals surface area (Å²) in [6.45, 7) is 3.98. The Labute approximate surface area is 120 Å². The lowest BCUT2D eigenvalue weighted by Crippen LogP contribution is -2.17. The average molecular weight is 280 g/mol. The summed E-state index contributed by atoms with van der Waals surface area (Å²) in [6, 6.07) is 0. The molecule has 2 aliphatic rings. The number of cyclic esters (lactones) is 1. The Kier molecular flexibility index (Phi) is 4.84. The molecule has 1 fully saturated rings. The molecule has 0 aromatic carbocycles. The molecule has 0 radical (unpaired) electrons. The molecule has 2 rings (SSSR count). The molecule has 1 atom stereocenters. The van der Waals surface area contributed by atoms with Gasteiger partial charge in [-0.15, -0.1) is 0 Å². The van der Waals surface area contributed by atoms with Crippen LogP contribution in [-0.2, 0) is 14.3 Å². The highest BCUT2D eigenvalue weighted by atomic mass is 16.6. The van der Waals surface area contributed by atoms with Gasteiger partial charge in [0.15, 0.2) is 17.6 Å². The Bertz CT molecular complexity index is 416. The second-order valence-corrected chi connectivity index (χ2v) is 6.42. The van der Waals surface area contributed by atoms with Crippen LogP contribution in [0.2, 0.25) is 0 Å². The lowest BCUT2D eigenvalue weighted by Gasteiger charge is -2.20. The second kappa shape index (κ2) is 6.42. The van der Waals surface area contributed by atoms with Gasteiger partial charge in [0.25, 0.3) is 0 Å². The van der Waals surface area contributed by atoms with Gasteiger partial charge in [0, 0.05) is 6.42 Å². The molecule has 1 aliphatic heterocycles. The van der Waals surface area contributed by atoms with Gasteiger partial charge in [-0.3, -0.25) is 4.79 Å². The van der Waals surface area contributed by atoms with Crippen LogP contribution in [0, 0.1) is 11.8 Å². The number of hydrogen-bond acceptors (Lipinski definition) is 4. The molecule has 112 valence electrons. The quantitative estimate of drug-likeness (QED) is 0.620. The van der Waals surface area contributed by atoms with Gasteiger partial charge >= 0.3 is 5.97 Å². The van der Waals surface area contributed by atoms with Gasteiger partial charge in [-0.25, -0.2) is 4.79 Å². The Morgan fingerprint density at radius 3 is 2.55 bits per heavy atom. The minimum absolute atomic E-state index is 0.0961. The predicted molar refractivity (Wildman–Crippen MR) is 75.2 cm³/mol. The molecule has 0 aromatic heterocycles. The lowest BCUT2D eigenvalue weighted by molar-refractivity contribution is -0.141. The maximum atomic E-state index is 12.2. The third-order valence-corrected chi connectivity index (χ3v) is 4.18. The highest BCUT2D eigenvalue weighted by Gasteiger charge is 2.38. The molecule has 0 bridgehead atoms. The van der Waals surface area contributed by atoms with E-state index < -0.39 is 12.1 Å². The van der Waals surface area contributed by atoms with E-state index in [-0.39, 0.29) is 17.1 Å². The van der Waals surface area contributed by atoms with E-state index in [2.05, 4.69) is 0 Å². The van der Waals surface area contributed by atoms with Gasteiger partial charge in [-0.2, -0.15) is 0 Å². The Morgan fingerprint density at radius 2 is 1.95 bits per heavy atom. The molecule has 20 heavy (non-hydrogen) atoms. The number of aliphatic hydroxyl groups is 1. The van der Waals surface area contributed by atoms with Crippen molar-refractivity contribution in [3.63, 3.8) is 0 Å². The van der Waals surface area contributed by atoms with Crippen molar-refractivity contribution in [3.05, 3.63) is 11.3 Å². The van der Waals surface area contributed by atoms with Crippen LogP contribution < -0.4 is 0 Å². The first-order valence-corrected chi connectivity index (χ1v) is 7.66. The Balaban J connectivity index is 2.03. The fraction of sp³-hybridized carbons (Fsp3) is 0.750. The van der Waals surface area contributed by atoms with E-state index in [9.17, 15) is 14.7 Å². The van der Waals surface area contributed by atoms with Crippen LogP contribution in [-0.4, -0.2) is 23.0 Å². The third kappa shape index (κ3) is 3.41. The maximum Gasteiger partial charge on any atom is 0.346 e. The number of ketones is 1. The molecule has 1 aliphatic carbocycles. The van der Waals surface area contributed by atoms with Crippen molar-refractivity contribution in [2.75, 3.05) is 0 Å². The summed E-state index contributed by atoms with van der Waals surface area (Å²) in [5.74, 6) is -0.389. The van der Waals surface area contributed by atoms with E-state index in [1.54, 1.807) is 0 Å². The number of rotatable bonds is 5. The largest absolute Gasteiger partial charge is 0.507 e. The second-order valence-electron chi connectivity index (χ2n) is 6.42. The fourth-order valence-electron chi connectivity index (χ4n) is 3.11. The maximum absolute atomic E-state index is 12.2. The fourth-order valence-corrected chi connectivity index (χ4v) is 3.11. The van der Waals surface area contributed by atoms with Gasteiger partial charge in [-0.05, 0) is 18.3 Å². The molecule has 1 heterocycles. The Morgan fingerprint density at radius 1 is 1.30 bits per heavy atom. The van der Waals surface area contributed by atoms with Gasteiger partial charge < -0.3 is 9.84 Å². The first kappa shape index (κ1) is 15.1. The Hall–Kier alpha value is -1.32. The van der Waals surface area contributed by atoms with Crippen molar-refractivity contribution in [2.45, 2.75) is 64.9 Å². The van der Waals surface area contributed by atoms with E-state index in [4.69, 9.17) is 4.74 Å². The van der Waals surface area contributed by atoms with Gasteiger partial charge in [0.2, 0.25) is 0 Å². The minimum Gasteiger partial charge on any atom is -0.507 e. The molecule has 1 N–H and O–H groups in total. The standard InChI is InChI=1S/C16H24O4/c1-10(2)8-13-15(18)14(16(19)20-13)12(17)9-11-6-4-3-5-7-11/h10-11,13,18H,3-9H2,1-2H3. The van der Waals surface area contributed by atoms with Gasteiger partial charge in [0.05, 0.1) is 0 Å². The molecule has 0 saturated heterocycles.